The number of fused-ring (bicyclic) bond motifs is 1. The Morgan fingerprint density at radius 1 is 1.37 bits per heavy atom. The second kappa shape index (κ2) is 4.40. The molecule has 19 heavy (non-hydrogen) atoms. The van der Waals surface area contributed by atoms with Crippen molar-refractivity contribution in [2.75, 3.05) is 4.90 Å². The van der Waals surface area contributed by atoms with Gasteiger partial charge >= 0.3 is 0 Å². The van der Waals surface area contributed by atoms with E-state index in [0.717, 1.165) is 4.90 Å². The molecule has 0 unspecified atom stereocenters. The van der Waals surface area contributed by atoms with E-state index in [1.807, 2.05) is 0 Å². The van der Waals surface area contributed by atoms with Crippen LogP contribution in [0, 0.1) is 5.82 Å². The molecule has 0 saturated heterocycles. The number of amides is 1. The molecule has 2 aromatic rings. The molecule has 1 aliphatic rings. The van der Waals surface area contributed by atoms with Gasteiger partial charge in [0, 0.05) is 11.1 Å². The molecule has 0 N–H and O–H groups in total. The summed E-state index contributed by atoms with van der Waals surface area (Å²) in [6.45, 7) is 0.0862. The number of halogens is 2. The highest BCUT2D eigenvalue weighted by Crippen LogP contribution is 2.33. The standard InChI is InChI=1S/C12H6ClFN2O2S/c13-12-15-4-6(19-12)5-16-9-7(10(17)11(16)18)2-1-3-8(9)14/h1-4H,5H2. The van der Waals surface area contributed by atoms with Gasteiger partial charge in [0.1, 0.15) is 5.82 Å². The maximum absolute atomic E-state index is 13.8. The molecular formula is C12H6ClFN2O2S. The van der Waals surface area contributed by atoms with Gasteiger partial charge in [0.15, 0.2) is 4.47 Å². The van der Waals surface area contributed by atoms with Crippen LogP contribution in [0.5, 0.6) is 0 Å². The maximum Gasteiger partial charge on any atom is 0.299 e. The molecule has 1 amide bonds. The average Bonchev–Trinajstić information content (AvgIpc) is 2.89. The van der Waals surface area contributed by atoms with Crippen LogP contribution in [0.15, 0.2) is 24.4 Å². The number of aromatic nitrogens is 1. The number of nitrogens with zero attached hydrogens (tertiary/aromatic N) is 2. The van der Waals surface area contributed by atoms with Crippen LogP contribution < -0.4 is 4.90 Å². The summed E-state index contributed by atoms with van der Waals surface area (Å²) in [6.07, 6.45) is 1.50. The summed E-state index contributed by atoms with van der Waals surface area (Å²) in [6, 6.07) is 4.07. The van der Waals surface area contributed by atoms with Crippen LogP contribution in [0.25, 0.3) is 0 Å². The quantitative estimate of drug-likeness (QED) is 0.801. The summed E-state index contributed by atoms with van der Waals surface area (Å²) in [5.74, 6) is -2.01. The molecule has 0 radical (unpaired) electrons. The zero-order valence-electron chi connectivity index (χ0n) is 9.39. The van der Waals surface area contributed by atoms with Crippen molar-refractivity contribution in [3.8, 4) is 0 Å². The molecule has 1 aliphatic heterocycles. The first-order valence-electron chi connectivity index (χ1n) is 5.33. The van der Waals surface area contributed by atoms with Gasteiger partial charge in [-0.2, -0.15) is 0 Å². The Hall–Kier alpha value is -1.79. The van der Waals surface area contributed by atoms with E-state index >= 15 is 0 Å². The lowest BCUT2D eigenvalue weighted by molar-refractivity contribution is -0.114. The van der Waals surface area contributed by atoms with Gasteiger partial charge in [-0.3, -0.25) is 14.5 Å². The highest BCUT2D eigenvalue weighted by atomic mass is 35.5. The lowest BCUT2D eigenvalue weighted by Crippen LogP contribution is -2.29. The lowest BCUT2D eigenvalue weighted by Gasteiger charge is -2.15. The van der Waals surface area contributed by atoms with Crippen LogP contribution in [-0.2, 0) is 11.3 Å². The number of benzene rings is 1. The summed E-state index contributed by atoms with van der Waals surface area (Å²) in [4.78, 5) is 29.3. The summed E-state index contributed by atoms with van der Waals surface area (Å²) in [5.41, 5.74) is 0.127. The van der Waals surface area contributed by atoms with Crippen LogP contribution in [0.4, 0.5) is 10.1 Å². The van der Waals surface area contributed by atoms with Gasteiger partial charge in [-0.15, -0.1) is 11.3 Å². The Kier molecular flexibility index (Phi) is 2.83. The Balaban J connectivity index is 2.04. The third kappa shape index (κ3) is 1.93. The molecule has 0 bridgehead atoms. The number of hydrogen-bond acceptors (Lipinski definition) is 4. The summed E-state index contributed by atoms with van der Waals surface area (Å²) in [7, 11) is 0. The Bertz CT molecular complexity index is 701. The van der Waals surface area contributed by atoms with E-state index < -0.39 is 17.5 Å². The van der Waals surface area contributed by atoms with Gasteiger partial charge < -0.3 is 0 Å². The number of ketones is 1. The van der Waals surface area contributed by atoms with Gasteiger partial charge in [-0.1, -0.05) is 17.7 Å². The highest BCUT2D eigenvalue weighted by Gasteiger charge is 2.38. The van der Waals surface area contributed by atoms with E-state index in [1.54, 1.807) is 0 Å². The number of hydrogen-bond donors (Lipinski definition) is 0. The minimum atomic E-state index is -0.732. The lowest BCUT2D eigenvalue weighted by atomic mass is 10.1. The predicted molar refractivity (Wildman–Crippen MR) is 69.0 cm³/mol. The summed E-state index contributed by atoms with van der Waals surface area (Å²) < 4.78 is 14.1. The number of carbonyl (C=O) groups excluding carboxylic acids is 2. The second-order valence-electron chi connectivity index (χ2n) is 3.94. The van der Waals surface area contributed by atoms with Crippen LogP contribution in [-0.4, -0.2) is 16.7 Å². The van der Waals surface area contributed by atoms with E-state index in [-0.39, 0.29) is 17.8 Å². The van der Waals surface area contributed by atoms with Crippen LogP contribution >= 0.6 is 22.9 Å². The predicted octanol–water partition coefficient (Wildman–Crippen LogP) is 2.67. The zero-order valence-corrected chi connectivity index (χ0v) is 11.0. The smallest absolute Gasteiger partial charge is 0.297 e. The van der Waals surface area contributed by atoms with Crippen molar-refractivity contribution in [2.24, 2.45) is 0 Å². The average molecular weight is 297 g/mol. The molecule has 0 aliphatic carbocycles. The topological polar surface area (TPSA) is 50.3 Å². The van der Waals surface area contributed by atoms with Crippen molar-refractivity contribution in [3.05, 3.63) is 45.1 Å². The van der Waals surface area contributed by atoms with Crippen molar-refractivity contribution in [1.29, 1.82) is 0 Å². The molecule has 0 saturated carbocycles. The normalized spacial score (nSPS) is 14.1. The van der Waals surface area contributed by atoms with E-state index in [2.05, 4.69) is 4.98 Å². The van der Waals surface area contributed by atoms with Gasteiger partial charge in [0.05, 0.1) is 17.8 Å². The van der Waals surface area contributed by atoms with Crippen LogP contribution in [0.3, 0.4) is 0 Å². The van der Waals surface area contributed by atoms with Gasteiger partial charge in [0.25, 0.3) is 11.7 Å². The molecule has 0 spiro atoms. The summed E-state index contributed by atoms with van der Waals surface area (Å²) >= 11 is 6.89. The second-order valence-corrected chi connectivity index (χ2v) is 5.63. The number of anilines is 1. The third-order valence-corrected chi connectivity index (χ3v) is 3.88. The maximum atomic E-state index is 13.8. The minimum absolute atomic E-state index is 0.0297. The molecule has 0 fully saturated rings. The first-order chi connectivity index (χ1) is 9.08. The molecule has 1 aromatic heterocycles. The van der Waals surface area contributed by atoms with Crippen LogP contribution in [0.1, 0.15) is 15.2 Å². The third-order valence-electron chi connectivity index (χ3n) is 2.78. The Labute approximate surface area is 116 Å². The number of para-hydroxylation sites is 1. The SMILES string of the molecule is O=C1C(=O)N(Cc2cnc(Cl)s2)c2c(F)cccc21. The van der Waals surface area contributed by atoms with E-state index in [0.29, 0.717) is 9.34 Å². The van der Waals surface area contributed by atoms with Gasteiger partial charge in [0.2, 0.25) is 0 Å². The van der Waals surface area contributed by atoms with Crippen LogP contribution in [0.2, 0.25) is 4.47 Å². The van der Waals surface area contributed by atoms with Crippen molar-refractivity contribution in [1.82, 2.24) is 4.98 Å². The first-order valence-corrected chi connectivity index (χ1v) is 6.52. The fourth-order valence-electron chi connectivity index (χ4n) is 1.98. The first kappa shape index (κ1) is 12.3. The molecule has 7 heteroatoms. The number of thiazole rings is 1. The molecule has 0 atom stereocenters. The summed E-state index contributed by atoms with van der Waals surface area (Å²) in [5, 5.41) is 0. The fourth-order valence-corrected chi connectivity index (χ4v) is 2.94. The fraction of sp³-hybridized carbons (Fsp3) is 0.0833. The zero-order chi connectivity index (χ0) is 13.6. The highest BCUT2D eigenvalue weighted by molar-refractivity contribution is 7.15. The molecule has 4 nitrogen and oxygen atoms in total. The van der Waals surface area contributed by atoms with Crippen molar-refractivity contribution in [3.63, 3.8) is 0 Å². The largest absolute Gasteiger partial charge is 0.299 e. The van der Waals surface area contributed by atoms with E-state index in [4.69, 9.17) is 11.6 Å². The Morgan fingerprint density at radius 3 is 2.84 bits per heavy atom. The van der Waals surface area contributed by atoms with E-state index in [1.165, 1.54) is 35.7 Å². The van der Waals surface area contributed by atoms with Crippen molar-refractivity contribution >= 4 is 40.3 Å². The Morgan fingerprint density at radius 2 is 2.16 bits per heavy atom. The van der Waals surface area contributed by atoms with Gasteiger partial charge in [-0.25, -0.2) is 9.37 Å². The molecule has 3 rings (SSSR count). The molecular weight excluding hydrogens is 291 g/mol. The van der Waals surface area contributed by atoms with Crippen molar-refractivity contribution in [2.45, 2.75) is 6.54 Å². The van der Waals surface area contributed by atoms with Gasteiger partial charge in [-0.05, 0) is 12.1 Å². The van der Waals surface area contributed by atoms with E-state index in [9.17, 15) is 14.0 Å². The molecule has 1 aromatic carbocycles. The number of Topliss-reactive ketones (excluding diaryl/α,β-unsaturated/α-hetero) is 1. The monoisotopic (exact) mass is 296 g/mol. The minimum Gasteiger partial charge on any atom is -0.297 e. The number of rotatable bonds is 2. The molecule has 2 heterocycles. The number of carbonyl (C=O) groups is 2. The molecule has 96 valence electrons. The van der Waals surface area contributed by atoms with Crippen molar-refractivity contribution < 1.29 is 14.0 Å².